The number of Topliss-reactive ketones (excluding diaryl/α,β-unsaturated/α-hetero) is 1. The predicted molar refractivity (Wildman–Crippen MR) is 52.6 cm³/mol. The van der Waals surface area contributed by atoms with Crippen molar-refractivity contribution in [1.82, 2.24) is 10.1 Å². The van der Waals surface area contributed by atoms with E-state index in [-0.39, 0.29) is 11.8 Å². The van der Waals surface area contributed by atoms with Gasteiger partial charge in [0, 0.05) is 13.1 Å². The van der Waals surface area contributed by atoms with Crippen molar-refractivity contribution in [3.05, 3.63) is 5.89 Å². The summed E-state index contributed by atoms with van der Waals surface area (Å²) in [6.07, 6.45) is -5.79. The minimum absolute atomic E-state index is 0.194. The molecule has 17 heavy (non-hydrogen) atoms. The smallest absolute Gasteiger partial charge is 0.339 e. The van der Waals surface area contributed by atoms with Crippen LogP contribution in [0.2, 0.25) is 0 Å². The minimum Gasteiger partial charge on any atom is -0.339 e. The molecule has 0 aliphatic heterocycles. The quantitative estimate of drug-likeness (QED) is 0.795. The van der Waals surface area contributed by atoms with E-state index in [4.69, 9.17) is 0 Å². The van der Waals surface area contributed by atoms with E-state index in [0.29, 0.717) is 13.1 Å². The molecule has 0 saturated heterocycles. The Bertz CT molecular complexity index is 385. The molecule has 0 aliphatic rings. The lowest BCUT2D eigenvalue weighted by atomic mass is 10.3. The third kappa shape index (κ3) is 3.43. The van der Waals surface area contributed by atoms with Gasteiger partial charge in [0.15, 0.2) is 0 Å². The molecule has 0 bridgehead atoms. The molecule has 0 saturated carbocycles. The van der Waals surface area contributed by atoms with Crippen LogP contribution in [0, 0.1) is 0 Å². The van der Waals surface area contributed by atoms with Crippen LogP contribution in [0.25, 0.3) is 0 Å². The highest BCUT2D eigenvalue weighted by Crippen LogP contribution is 2.19. The van der Waals surface area contributed by atoms with E-state index in [0.717, 1.165) is 0 Å². The summed E-state index contributed by atoms with van der Waals surface area (Å²) in [6.45, 7) is 4.90. The van der Waals surface area contributed by atoms with Crippen LogP contribution in [0.4, 0.5) is 19.1 Å². The molecule has 1 aromatic heterocycles. The Hall–Kier alpha value is -1.60. The fraction of sp³-hybridized carbons (Fsp3) is 0.667. The van der Waals surface area contributed by atoms with Crippen LogP contribution in [-0.4, -0.2) is 35.2 Å². The van der Waals surface area contributed by atoms with Crippen molar-refractivity contribution in [3.63, 3.8) is 0 Å². The van der Waals surface area contributed by atoms with E-state index >= 15 is 0 Å². The third-order valence-electron chi connectivity index (χ3n) is 2.13. The van der Waals surface area contributed by atoms with Gasteiger partial charge in [-0.05, 0) is 19.0 Å². The highest BCUT2D eigenvalue weighted by atomic mass is 19.4. The summed E-state index contributed by atoms with van der Waals surface area (Å²) in [4.78, 5) is 16.1. The SMILES string of the molecule is CCN(CC)c1noc(CC(=O)C(F)(F)F)n1. The number of carbonyl (C=O) groups is 1. The Morgan fingerprint density at radius 3 is 2.41 bits per heavy atom. The zero-order valence-corrected chi connectivity index (χ0v) is 9.41. The molecule has 0 aromatic carbocycles. The van der Waals surface area contributed by atoms with Crippen LogP contribution in [0.3, 0.4) is 0 Å². The van der Waals surface area contributed by atoms with Crippen LogP contribution in [0.1, 0.15) is 19.7 Å². The molecule has 0 fully saturated rings. The monoisotopic (exact) mass is 251 g/mol. The molecule has 0 amide bonds. The second-order valence-electron chi connectivity index (χ2n) is 3.26. The summed E-state index contributed by atoms with van der Waals surface area (Å²) in [5.74, 6) is -2.03. The van der Waals surface area contributed by atoms with E-state index in [1.54, 1.807) is 4.90 Å². The lowest BCUT2D eigenvalue weighted by Crippen LogP contribution is -2.25. The second-order valence-corrected chi connectivity index (χ2v) is 3.26. The fourth-order valence-corrected chi connectivity index (χ4v) is 1.19. The first-order valence-electron chi connectivity index (χ1n) is 5.06. The van der Waals surface area contributed by atoms with Gasteiger partial charge in [0.25, 0.3) is 5.95 Å². The van der Waals surface area contributed by atoms with Gasteiger partial charge in [0.2, 0.25) is 11.7 Å². The number of hydrogen-bond donors (Lipinski definition) is 0. The standard InChI is InChI=1S/C9H12F3N3O2/c1-3-15(4-2)8-13-7(17-14-8)5-6(16)9(10,11)12/h3-5H2,1-2H3. The molecule has 1 rings (SSSR count). The Kier molecular flexibility index (Phi) is 4.08. The van der Waals surface area contributed by atoms with Gasteiger partial charge in [-0.15, -0.1) is 0 Å². The molecule has 5 nitrogen and oxygen atoms in total. The Balaban J connectivity index is 2.72. The fourth-order valence-electron chi connectivity index (χ4n) is 1.19. The average molecular weight is 251 g/mol. The first-order valence-corrected chi connectivity index (χ1v) is 5.06. The molecule has 0 unspecified atom stereocenters. The van der Waals surface area contributed by atoms with Crippen molar-refractivity contribution in [1.29, 1.82) is 0 Å². The van der Waals surface area contributed by atoms with Gasteiger partial charge in [-0.2, -0.15) is 18.2 Å². The van der Waals surface area contributed by atoms with Crippen LogP contribution >= 0.6 is 0 Å². The summed E-state index contributed by atoms with van der Waals surface area (Å²) >= 11 is 0. The second kappa shape index (κ2) is 5.15. The zero-order chi connectivity index (χ0) is 13.1. The number of hydrogen-bond acceptors (Lipinski definition) is 5. The number of alkyl halides is 3. The number of ketones is 1. The van der Waals surface area contributed by atoms with Gasteiger partial charge in [-0.3, -0.25) is 4.79 Å². The lowest BCUT2D eigenvalue weighted by molar-refractivity contribution is -0.170. The highest BCUT2D eigenvalue weighted by molar-refractivity contribution is 5.85. The van der Waals surface area contributed by atoms with E-state index in [1.165, 1.54) is 0 Å². The zero-order valence-electron chi connectivity index (χ0n) is 9.41. The molecular formula is C9H12F3N3O2. The molecule has 96 valence electrons. The summed E-state index contributed by atoms with van der Waals surface area (Å²) in [7, 11) is 0. The van der Waals surface area contributed by atoms with Crippen molar-refractivity contribution in [2.45, 2.75) is 26.4 Å². The van der Waals surface area contributed by atoms with Crippen molar-refractivity contribution >= 4 is 11.7 Å². The Labute approximate surface area is 95.6 Å². The van der Waals surface area contributed by atoms with E-state index in [9.17, 15) is 18.0 Å². The largest absolute Gasteiger partial charge is 0.450 e. The van der Waals surface area contributed by atoms with Crippen molar-refractivity contribution in [3.8, 4) is 0 Å². The number of aromatic nitrogens is 2. The maximum Gasteiger partial charge on any atom is 0.450 e. The Morgan fingerprint density at radius 1 is 1.35 bits per heavy atom. The molecule has 0 radical (unpaired) electrons. The molecular weight excluding hydrogens is 239 g/mol. The van der Waals surface area contributed by atoms with Gasteiger partial charge >= 0.3 is 6.18 Å². The number of rotatable bonds is 5. The van der Waals surface area contributed by atoms with Crippen molar-refractivity contribution < 1.29 is 22.5 Å². The summed E-state index contributed by atoms with van der Waals surface area (Å²) in [5.41, 5.74) is 0. The Morgan fingerprint density at radius 2 is 1.94 bits per heavy atom. The van der Waals surface area contributed by atoms with Gasteiger partial charge < -0.3 is 9.42 Å². The average Bonchev–Trinajstić information content (AvgIpc) is 2.67. The van der Waals surface area contributed by atoms with Gasteiger partial charge in [-0.25, -0.2) is 0 Å². The number of nitrogens with zero attached hydrogens (tertiary/aromatic N) is 3. The predicted octanol–water partition coefficient (Wildman–Crippen LogP) is 1.59. The summed E-state index contributed by atoms with van der Waals surface area (Å²) < 4.78 is 40.5. The van der Waals surface area contributed by atoms with Crippen LogP contribution in [-0.2, 0) is 11.2 Å². The van der Waals surface area contributed by atoms with Gasteiger partial charge in [-0.1, -0.05) is 0 Å². The molecule has 0 N–H and O–H groups in total. The molecule has 8 heteroatoms. The molecule has 1 heterocycles. The topological polar surface area (TPSA) is 59.2 Å². The van der Waals surface area contributed by atoms with Crippen LogP contribution in [0.5, 0.6) is 0 Å². The number of carbonyl (C=O) groups excluding carboxylic acids is 1. The maximum atomic E-state index is 12.0. The van der Waals surface area contributed by atoms with Crippen LogP contribution in [0.15, 0.2) is 4.52 Å². The molecule has 1 aromatic rings. The summed E-state index contributed by atoms with van der Waals surface area (Å²) in [6, 6.07) is 0. The van der Waals surface area contributed by atoms with Gasteiger partial charge in [0.05, 0.1) is 6.42 Å². The third-order valence-corrected chi connectivity index (χ3v) is 2.13. The van der Waals surface area contributed by atoms with E-state index in [1.807, 2.05) is 13.8 Å². The number of halogens is 3. The lowest BCUT2D eigenvalue weighted by Gasteiger charge is -2.14. The van der Waals surface area contributed by atoms with Crippen molar-refractivity contribution in [2.75, 3.05) is 18.0 Å². The van der Waals surface area contributed by atoms with E-state index < -0.39 is 18.4 Å². The molecule has 0 spiro atoms. The first-order chi connectivity index (χ1) is 7.88. The number of anilines is 1. The van der Waals surface area contributed by atoms with Gasteiger partial charge in [0.1, 0.15) is 0 Å². The highest BCUT2D eigenvalue weighted by Gasteiger charge is 2.39. The summed E-state index contributed by atoms with van der Waals surface area (Å²) in [5, 5.41) is 3.51. The van der Waals surface area contributed by atoms with Crippen LogP contribution < -0.4 is 4.90 Å². The molecule has 0 atom stereocenters. The minimum atomic E-state index is -4.87. The maximum absolute atomic E-state index is 12.0. The van der Waals surface area contributed by atoms with Crippen molar-refractivity contribution in [2.24, 2.45) is 0 Å². The first kappa shape index (κ1) is 13.5. The van der Waals surface area contributed by atoms with E-state index in [2.05, 4.69) is 14.7 Å². The normalized spacial score (nSPS) is 11.6. The molecule has 0 aliphatic carbocycles.